The third-order valence-corrected chi connectivity index (χ3v) is 7.23. The van der Waals surface area contributed by atoms with Gasteiger partial charge in [0.2, 0.25) is 15.9 Å². The first kappa shape index (κ1) is 18.6. The molecule has 7 nitrogen and oxygen atoms in total. The van der Waals surface area contributed by atoms with E-state index in [4.69, 9.17) is 9.47 Å². The Bertz CT molecular complexity index is 717. The second-order valence-electron chi connectivity index (χ2n) is 7.10. The Morgan fingerprint density at radius 3 is 2.76 bits per heavy atom. The lowest BCUT2D eigenvalue weighted by molar-refractivity contribution is 0.0744. The molecule has 1 aromatic heterocycles. The Balaban J connectivity index is 1.62. The molecule has 0 bridgehead atoms. The molecular weight excluding hydrogens is 342 g/mol. The van der Waals surface area contributed by atoms with E-state index < -0.39 is 10.0 Å². The third kappa shape index (κ3) is 3.67. The third-order valence-electron chi connectivity index (χ3n) is 5.30. The van der Waals surface area contributed by atoms with Gasteiger partial charge < -0.3 is 14.8 Å². The average molecular weight is 369 g/mol. The highest BCUT2D eigenvalue weighted by Gasteiger charge is 2.52. The summed E-state index contributed by atoms with van der Waals surface area (Å²) in [6, 6.07) is 3.65. The molecule has 140 valence electrons. The monoisotopic (exact) mass is 369 g/mol. The first-order valence-electron chi connectivity index (χ1n) is 8.64. The van der Waals surface area contributed by atoms with E-state index in [1.807, 2.05) is 0 Å². The van der Waals surface area contributed by atoms with Gasteiger partial charge in [0.05, 0.1) is 19.4 Å². The van der Waals surface area contributed by atoms with E-state index in [1.54, 1.807) is 30.5 Å². The van der Waals surface area contributed by atoms with Crippen molar-refractivity contribution in [3.8, 4) is 5.88 Å². The fraction of sp³-hybridized carbons (Fsp3) is 0.706. The second kappa shape index (κ2) is 7.19. The molecule has 1 aromatic rings. The van der Waals surface area contributed by atoms with Gasteiger partial charge in [0.1, 0.15) is 4.90 Å². The number of ether oxygens (including phenoxy) is 2. The van der Waals surface area contributed by atoms with Crippen LogP contribution < -0.4 is 10.1 Å². The fourth-order valence-corrected chi connectivity index (χ4v) is 5.78. The molecule has 2 heterocycles. The van der Waals surface area contributed by atoms with Crippen molar-refractivity contribution in [3.05, 3.63) is 17.8 Å². The van der Waals surface area contributed by atoms with E-state index in [0.29, 0.717) is 37.3 Å². The van der Waals surface area contributed by atoms with Crippen molar-refractivity contribution in [1.82, 2.24) is 14.6 Å². The molecule has 8 heteroatoms. The lowest BCUT2D eigenvalue weighted by atomic mass is 9.80. The van der Waals surface area contributed by atoms with Crippen molar-refractivity contribution in [2.24, 2.45) is 5.41 Å². The molecule has 1 N–H and O–H groups in total. The van der Waals surface area contributed by atoms with Gasteiger partial charge in [-0.2, -0.15) is 4.31 Å². The summed E-state index contributed by atoms with van der Waals surface area (Å²) in [7, 11) is -0.268. The van der Waals surface area contributed by atoms with Crippen molar-refractivity contribution in [1.29, 1.82) is 0 Å². The number of nitrogens with one attached hydrogen (secondary N) is 1. The average Bonchev–Trinajstić information content (AvgIpc) is 2.98. The van der Waals surface area contributed by atoms with Crippen molar-refractivity contribution in [3.63, 3.8) is 0 Å². The summed E-state index contributed by atoms with van der Waals surface area (Å²) < 4.78 is 37.5. The number of sulfonamides is 1. The minimum absolute atomic E-state index is 0.131. The standard InChI is InChI=1S/C17H27N3O4S/c1-13-15(4-5-16(19-13)24-3)25(21,22)20-11-17(12-20)7-6-14(10-17)18-8-9-23-2/h4-5,14,18H,6-12H2,1-3H3. The van der Waals surface area contributed by atoms with E-state index in [-0.39, 0.29) is 10.3 Å². The lowest BCUT2D eigenvalue weighted by Gasteiger charge is -2.47. The van der Waals surface area contributed by atoms with Crippen molar-refractivity contribution in [2.75, 3.05) is 40.5 Å². The first-order valence-corrected chi connectivity index (χ1v) is 10.1. The van der Waals surface area contributed by atoms with Gasteiger partial charge in [-0.15, -0.1) is 0 Å². The zero-order chi connectivity index (χ0) is 18.1. The normalized spacial score (nSPS) is 22.9. The lowest BCUT2D eigenvalue weighted by Crippen LogP contribution is -2.57. The zero-order valence-corrected chi connectivity index (χ0v) is 15.9. The molecule has 1 aliphatic carbocycles. The van der Waals surface area contributed by atoms with Crippen LogP contribution in [0.4, 0.5) is 0 Å². The highest BCUT2D eigenvalue weighted by molar-refractivity contribution is 7.89. The largest absolute Gasteiger partial charge is 0.481 e. The molecule has 0 amide bonds. The Kier molecular flexibility index (Phi) is 5.34. The fourth-order valence-electron chi connectivity index (χ4n) is 3.96. The van der Waals surface area contributed by atoms with Gasteiger partial charge in [-0.25, -0.2) is 13.4 Å². The van der Waals surface area contributed by atoms with E-state index in [2.05, 4.69) is 10.3 Å². The minimum atomic E-state index is -3.48. The highest BCUT2D eigenvalue weighted by Crippen LogP contribution is 2.47. The molecule has 1 unspecified atom stereocenters. The van der Waals surface area contributed by atoms with Gasteiger partial charge in [0.25, 0.3) is 0 Å². The van der Waals surface area contributed by atoms with Gasteiger partial charge in [-0.1, -0.05) is 0 Å². The van der Waals surface area contributed by atoms with Crippen LogP contribution in [-0.2, 0) is 14.8 Å². The molecule has 2 aliphatic rings. The smallest absolute Gasteiger partial charge is 0.244 e. The number of nitrogens with zero attached hydrogens (tertiary/aromatic N) is 2. The summed E-state index contributed by atoms with van der Waals surface area (Å²) >= 11 is 0. The Morgan fingerprint density at radius 1 is 1.36 bits per heavy atom. The maximum atomic E-state index is 12.9. The van der Waals surface area contributed by atoms with Gasteiger partial charge in [-0.05, 0) is 37.7 Å². The maximum absolute atomic E-state index is 12.9. The van der Waals surface area contributed by atoms with E-state index >= 15 is 0 Å². The molecule has 25 heavy (non-hydrogen) atoms. The van der Waals surface area contributed by atoms with Crippen molar-refractivity contribution >= 4 is 10.0 Å². The Hall–Kier alpha value is -1.22. The molecule has 1 atom stereocenters. The van der Waals surface area contributed by atoms with Crippen molar-refractivity contribution in [2.45, 2.75) is 37.1 Å². The van der Waals surface area contributed by atoms with Crippen LogP contribution in [0.25, 0.3) is 0 Å². The molecular formula is C17H27N3O4S. The van der Waals surface area contributed by atoms with Crippen LogP contribution in [0, 0.1) is 12.3 Å². The second-order valence-corrected chi connectivity index (χ2v) is 9.00. The van der Waals surface area contributed by atoms with Crippen LogP contribution in [-0.4, -0.2) is 64.2 Å². The summed E-state index contributed by atoms with van der Waals surface area (Å²) in [5, 5.41) is 3.50. The maximum Gasteiger partial charge on any atom is 0.244 e. The molecule has 2 fully saturated rings. The molecule has 1 aliphatic heterocycles. The molecule has 1 saturated carbocycles. The number of aryl methyl sites for hydroxylation is 1. The van der Waals surface area contributed by atoms with Gasteiger partial charge in [0, 0.05) is 38.9 Å². The van der Waals surface area contributed by atoms with Crippen LogP contribution >= 0.6 is 0 Å². The Labute approximate surface area is 149 Å². The van der Waals surface area contributed by atoms with E-state index in [9.17, 15) is 8.42 Å². The topological polar surface area (TPSA) is 80.8 Å². The number of hydrogen-bond donors (Lipinski definition) is 1. The number of aromatic nitrogens is 1. The highest BCUT2D eigenvalue weighted by atomic mass is 32.2. The van der Waals surface area contributed by atoms with Crippen LogP contribution in [0.2, 0.25) is 0 Å². The van der Waals surface area contributed by atoms with Gasteiger partial charge in [0.15, 0.2) is 0 Å². The molecule has 0 radical (unpaired) electrons. The number of pyridine rings is 1. The number of hydrogen-bond acceptors (Lipinski definition) is 6. The summed E-state index contributed by atoms with van der Waals surface area (Å²) in [5.41, 5.74) is 0.608. The molecule has 0 aromatic carbocycles. The van der Waals surface area contributed by atoms with Crippen LogP contribution in [0.5, 0.6) is 5.88 Å². The predicted molar refractivity (Wildman–Crippen MR) is 94.2 cm³/mol. The van der Waals surface area contributed by atoms with Crippen LogP contribution in [0.15, 0.2) is 17.0 Å². The van der Waals surface area contributed by atoms with E-state index in [1.165, 1.54) is 7.11 Å². The van der Waals surface area contributed by atoms with E-state index in [0.717, 1.165) is 25.8 Å². The zero-order valence-electron chi connectivity index (χ0n) is 15.1. The minimum Gasteiger partial charge on any atom is -0.481 e. The number of rotatable bonds is 7. The molecule has 1 spiro atoms. The first-order chi connectivity index (χ1) is 11.9. The summed E-state index contributed by atoms with van der Waals surface area (Å²) in [5.74, 6) is 0.428. The van der Waals surface area contributed by atoms with Gasteiger partial charge >= 0.3 is 0 Å². The predicted octanol–water partition coefficient (Wildman–Crippen LogP) is 1.18. The SMILES string of the molecule is COCCNC1CCC2(C1)CN(S(=O)(=O)c1ccc(OC)nc1C)C2. The van der Waals surface area contributed by atoms with Gasteiger partial charge in [-0.3, -0.25) is 0 Å². The van der Waals surface area contributed by atoms with Crippen LogP contribution in [0.1, 0.15) is 25.0 Å². The Morgan fingerprint density at radius 2 is 2.12 bits per heavy atom. The quantitative estimate of drug-likeness (QED) is 0.727. The van der Waals surface area contributed by atoms with Crippen LogP contribution in [0.3, 0.4) is 0 Å². The molecule has 1 saturated heterocycles. The number of methoxy groups -OCH3 is 2. The summed E-state index contributed by atoms with van der Waals surface area (Å²) in [4.78, 5) is 4.47. The summed E-state index contributed by atoms with van der Waals surface area (Å²) in [6.07, 6.45) is 3.20. The molecule has 3 rings (SSSR count). The summed E-state index contributed by atoms with van der Waals surface area (Å²) in [6.45, 7) is 4.45. The van der Waals surface area contributed by atoms with Crippen molar-refractivity contribution < 1.29 is 17.9 Å².